The van der Waals surface area contributed by atoms with Crippen molar-refractivity contribution >= 4 is 28.9 Å². The molecule has 0 bridgehead atoms. The Bertz CT molecular complexity index is 365. The summed E-state index contributed by atoms with van der Waals surface area (Å²) in [5.41, 5.74) is 1.08. The molecule has 0 heterocycles. The van der Waals surface area contributed by atoms with E-state index in [0.29, 0.717) is 16.1 Å². The van der Waals surface area contributed by atoms with E-state index >= 15 is 0 Å². The van der Waals surface area contributed by atoms with E-state index in [1.165, 1.54) is 25.7 Å². The number of nitrogens with one attached hydrogen (secondary N) is 1. The highest BCUT2D eigenvalue weighted by molar-refractivity contribution is 6.42. The molecule has 3 heteroatoms. The third-order valence-electron chi connectivity index (χ3n) is 3.46. The number of anilines is 1. The second-order valence-corrected chi connectivity index (χ2v) is 5.29. The molecule has 1 aromatic rings. The summed E-state index contributed by atoms with van der Waals surface area (Å²) < 4.78 is 0. The quantitative estimate of drug-likeness (QED) is 0.805. The molecular formula is C13H17Cl2N. The number of hydrogen-bond donors (Lipinski definition) is 1. The average molecular weight is 258 g/mol. The van der Waals surface area contributed by atoms with E-state index in [9.17, 15) is 0 Å². The minimum atomic E-state index is 0.599. The fraction of sp³-hybridized carbons (Fsp3) is 0.538. The lowest BCUT2D eigenvalue weighted by Gasteiger charge is -2.21. The lowest BCUT2D eigenvalue weighted by molar-refractivity contribution is 0.489. The molecule has 0 saturated heterocycles. The van der Waals surface area contributed by atoms with Crippen molar-refractivity contribution < 1.29 is 0 Å². The van der Waals surface area contributed by atoms with Crippen LogP contribution in [0.3, 0.4) is 0 Å². The summed E-state index contributed by atoms with van der Waals surface area (Å²) in [6, 6.07) is 6.36. The van der Waals surface area contributed by atoms with Crippen LogP contribution in [0, 0.1) is 5.92 Å². The molecule has 2 atom stereocenters. The van der Waals surface area contributed by atoms with Gasteiger partial charge in [0.15, 0.2) is 0 Å². The minimum Gasteiger partial charge on any atom is -0.382 e. The van der Waals surface area contributed by atoms with Crippen molar-refractivity contribution in [1.82, 2.24) is 0 Å². The van der Waals surface area contributed by atoms with Crippen molar-refractivity contribution in [2.75, 3.05) is 5.32 Å². The Morgan fingerprint density at radius 3 is 2.75 bits per heavy atom. The Morgan fingerprint density at radius 1 is 1.25 bits per heavy atom. The molecule has 1 aliphatic rings. The maximum Gasteiger partial charge on any atom is 0.0612 e. The molecule has 0 spiro atoms. The first-order valence-electron chi connectivity index (χ1n) is 5.92. The van der Waals surface area contributed by atoms with E-state index in [0.717, 1.165) is 11.6 Å². The summed E-state index contributed by atoms with van der Waals surface area (Å²) in [7, 11) is 0. The first-order valence-corrected chi connectivity index (χ1v) is 6.68. The zero-order valence-electron chi connectivity index (χ0n) is 9.47. The van der Waals surface area contributed by atoms with Gasteiger partial charge in [0.25, 0.3) is 0 Å². The van der Waals surface area contributed by atoms with Gasteiger partial charge < -0.3 is 5.32 Å². The summed E-state index contributed by atoms with van der Waals surface area (Å²) in [5, 5.41) is 4.81. The van der Waals surface area contributed by atoms with E-state index in [4.69, 9.17) is 23.2 Å². The van der Waals surface area contributed by atoms with Gasteiger partial charge in [-0.1, -0.05) is 43.0 Å². The van der Waals surface area contributed by atoms with Gasteiger partial charge >= 0.3 is 0 Å². The first-order chi connectivity index (χ1) is 7.70. The monoisotopic (exact) mass is 257 g/mol. The van der Waals surface area contributed by atoms with Gasteiger partial charge in [-0.25, -0.2) is 0 Å². The highest BCUT2D eigenvalue weighted by Gasteiger charge is 2.25. The third kappa shape index (κ3) is 2.64. The smallest absolute Gasteiger partial charge is 0.0612 e. The first kappa shape index (κ1) is 12.1. The molecule has 0 aliphatic heterocycles. The SMILES string of the molecule is CCC1CCCC1Nc1ccc(Cl)c(Cl)c1. The number of halogens is 2. The van der Waals surface area contributed by atoms with Gasteiger partial charge in [0.1, 0.15) is 0 Å². The standard InChI is InChI=1S/C13H17Cl2N/c1-2-9-4-3-5-13(9)16-10-6-7-11(14)12(15)8-10/h6-9,13,16H,2-5H2,1H3. The van der Waals surface area contributed by atoms with Crippen molar-refractivity contribution in [2.24, 2.45) is 5.92 Å². The van der Waals surface area contributed by atoms with Crippen LogP contribution >= 0.6 is 23.2 Å². The molecule has 1 fully saturated rings. The summed E-state index contributed by atoms with van der Waals surface area (Å²) in [4.78, 5) is 0. The van der Waals surface area contributed by atoms with Crippen LogP contribution < -0.4 is 5.32 Å². The van der Waals surface area contributed by atoms with E-state index in [1.807, 2.05) is 18.2 Å². The lowest BCUT2D eigenvalue weighted by Crippen LogP contribution is -2.23. The van der Waals surface area contributed by atoms with Gasteiger partial charge in [-0.15, -0.1) is 0 Å². The molecule has 0 radical (unpaired) electrons. The van der Waals surface area contributed by atoms with Gasteiger partial charge in [-0.3, -0.25) is 0 Å². The van der Waals surface area contributed by atoms with Crippen molar-refractivity contribution in [1.29, 1.82) is 0 Å². The van der Waals surface area contributed by atoms with Crippen LogP contribution in [0.1, 0.15) is 32.6 Å². The fourth-order valence-corrected chi connectivity index (χ4v) is 2.81. The largest absolute Gasteiger partial charge is 0.382 e. The van der Waals surface area contributed by atoms with Crippen LogP contribution in [0.25, 0.3) is 0 Å². The lowest BCUT2D eigenvalue weighted by atomic mass is 10.0. The second kappa shape index (κ2) is 5.29. The third-order valence-corrected chi connectivity index (χ3v) is 4.19. The normalized spacial score (nSPS) is 24.7. The summed E-state index contributed by atoms with van der Waals surface area (Å²) >= 11 is 11.9. The highest BCUT2D eigenvalue weighted by Crippen LogP contribution is 2.32. The molecular weight excluding hydrogens is 241 g/mol. The number of rotatable bonds is 3. The van der Waals surface area contributed by atoms with Gasteiger partial charge in [-0.05, 0) is 37.0 Å². The van der Waals surface area contributed by atoms with Crippen LogP contribution in [0.5, 0.6) is 0 Å². The molecule has 0 amide bonds. The minimum absolute atomic E-state index is 0.599. The Hall–Kier alpha value is -0.400. The Labute approximate surface area is 107 Å². The molecule has 1 saturated carbocycles. The molecule has 0 aromatic heterocycles. The van der Waals surface area contributed by atoms with E-state index in [-0.39, 0.29) is 0 Å². The molecule has 2 rings (SSSR count). The molecule has 1 N–H and O–H groups in total. The van der Waals surface area contributed by atoms with Crippen LogP contribution in [0.2, 0.25) is 10.0 Å². The van der Waals surface area contributed by atoms with Crippen LogP contribution in [-0.4, -0.2) is 6.04 Å². The highest BCUT2D eigenvalue weighted by atomic mass is 35.5. The van der Waals surface area contributed by atoms with Gasteiger partial charge in [-0.2, -0.15) is 0 Å². The van der Waals surface area contributed by atoms with Gasteiger partial charge in [0.2, 0.25) is 0 Å². The maximum atomic E-state index is 6.00. The summed E-state index contributed by atoms with van der Waals surface area (Å²) in [6.07, 6.45) is 5.19. The van der Waals surface area contributed by atoms with Crippen molar-refractivity contribution in [3.63, 3.8) is 0 Å². The van der Waals surface area contributed by atoms with Crippen LogP contribution in [0.15, 0.2) is 18.2 Å². The van der Waals surface area contributed by atoms with Crippen molar-refractivity contribution in [3.8, 4) is 0 Å². The molecule has 2 unspecified atom stereocenters. The molecule has 16 heavy (non-hydrogen) atoms. The van der Waals surface area contributed by atoms with E-state index < -0.39 is 0 Å². The van der Waals surface area contributed by atoms with E-state index in [2.05, 4.69) is 12.2 Å². The average Bonchev–Trinajstić information content (AvgIpc) is 2.71. The van der Waals surface area contributed by atoms with E-state index in [1.54, 1.807) is 0 Å². The predicted octanol–water partition coefficient (Wildman–Crippen LogP) is 4.98. The van der Waals surface area contributed by atoms with Crippen molar-refractivity contribution in [2.45, 2.75) is 38.6 Å². The zero-order chi connectivity index (χ0) is 11.5. The van der Waals surface area contributed by atoms with Crippen LogP contribution in [0.4, 0.5) is 5.69 Å². The summed E-state index contributed by atoms with van der Waals surface area (Å²) in [5.74, 6) is 0.800. The van der Waals surface area contributed by atoms with Crippen molar-refractivity contribution in [3.05, 3.63) is 28.2 Å². The fourth-order valence-electron chi connectivity index (χ4n) is 2.52. The second-order valence-electron chi connectivity index (χ2n) is 4.48. The predicted molar refractivity (Wildman–Crippen MR) is 71.5 cm³/mol. The van der Waals surface area contributed by atoms with Gasteiger partial charge in [0, 0.05) is 11.7 Å². The van der Waals surface area contributed by atoms with Crippen LogP contribution in [-0.2, 0) is 0 Å². The number of hydrogen-bond acceptors (Lipinski definition) is 1. The summed E-state index contributed by atoms with van der Waals surface area (Å²) in [6.45, 7) is 2.26. The molecule has 1 aliphatic carbocycles. The van der Waals surface area contributed by atoms with Gasteiger partial charge in [0.05, 0.1) is 10.0 Å². The Balaban J connectivity index is 2.05. The molecule has 1 nitrogen and oxygen atoms in total. The maximum absolute atomic E-state index is 6.00. The molecule has 1 aromatic carbocycles. The Morgan fingerprint density at radius 2 is 2.06 bits per heavy atom. The Kier molecular flexibility index (Phi) is 3.99. The topological polar surface area (TPSA) is 12.0 Å². The zero-order valence-corrected chi connectivity index (χ0v) is 11.0. The number of benzene rings is 1. The molecule has 88 valence electrons.